The van der Waals surface area contributed by atoms with Crippen LogP contribution < -0.4 is 5.32 Å². The third-order valence-corrected chi connectivity index (χ3v) is 9.63. The number of aliphatic hydroxyl groups excluding tert-OH is 2. The summed E-state index contributed by atoms with van der Waals surface area (Å²) in [5.74, 6) is -0.181. The van der Waals surface area contributed by atoms with Gasteiger partial charge >= 0.3 is 5.97 Å². The maximum Gasteiger partial charge on any atom is 0.305 e. The molecule has 0 aromatic carbocycles. The Hall–Kier alpha value is -1.92. The number of hydrogen-bond donors (Lipinski definition) is 3. The van der Waals surface area contributed by atoms with Crippen molar-refractivity contribution in [3.63, 3.8) is 0 Å². The van der Waals surface area contributed by atoms with E-state index in [1.807, 2.05) is 6.08 Å². The molecule has 0 radical (unpaired) electrons. The third-order valence-electron chi connectivity index (χ3n) is 9.63. The Morgan fingerprint density at radius 2 is 0.941 bits per heavy atom. The molecule has 6 nitrogen and oxygen atoms in total. The van der Waals surface area contributed by atoms with E-state index in [0.717, 1.165) is 70.6 Å². The van der Waals surface area contributed by atoms with Crippen molar-refractivity contribution in [2.75, 3.05) is 13.2 Å². The molecule has 0 aromatic heterocycles. The van der Waals surface area contributed by atoms with E-state index in [2.05, 4.69) is 43.5 Å². The van der Waals surface area contributed by atoms with E-state index < -0.39 is 12.1 Å². The zero-order chi connectivity index (χ0) is 37.3. The normalized spacial score (nSPS) is 13.1. The summed E-state index contributed by atoms with van der Waals surface area (Å²) >= 11 is 0. The zero-order valence-electron chi connectivity index (χ0n) is 33.6. The Morgan fingerprint density at radius 3 is 1.45 bits per heavy atom. The second-order valence-electron chi connectivity index (χ2n) is 14.7. The first-order valence-corrected chi connectivity index (χ1v) is 21.8. The van der Waals surface area contributed by atoms with Crippen molar-refractivity contribution in [3.05, 3.63) is 36.5 Å². The van der Waals surface area contributed by atoms with E-state index in [-0.39, 0.29) is 18.5 Å². The zero-order valence-corrected chi connectivity index (χ0v) is 33.6. The number of unbranched alkanes of at least 4 members (excludes halogenated alkanes) is 24. The summed E-state index contributed by atoms with van der Waals surface area (Å²) in [7, 11) is 0. The van der Waals surface area contributed by atoms with Crippen molar-refractivity contribution in [1.29, 1.82) is 0 Å². The molecule has 51 heavy (non-hydrogen) atoms. The molecule has 6 heteroatoms. The van der Waals surface area contributed by atoms with Gasteiger partial charge in [0, 0.05) is 12.8 Å². The summed E-state index contributed by atoms with van der Waals surface area (Å²) in [6.07, 6.45) is 47.0. The van der Waals surface area contributed by atoms with Gasteiger partial charge in [0.25, 0.3) is 0 Å². The molecule has 0 saturated carbocycles. The lowest BCUT2D eigenvalue weighted by Gasteiger charge is -2.19. The summed E-state index contributed by atoms with van der Waals surface area (Å²) in [4.78, 5) is 24.3. The van der Waals surface area contributed by atoms with Crippen molar-refractivity contribution in [2.45, 2.75) is 225 Å². The molecule has 2 atom stereocenters. The molecule has 298 valence electrons. The Labute approximate surface area is 315 Å². The van der Waals surface area contributed by atoms with Gasteiger partial charge in [-0.1, -0.05) is 159 Å². The van der Waals surface area contributed by atoms with E-state index >= 15 is 0 Å². The average Bonchev–Trinajstić information content (AvgIpc) is 3.13. The van der Waals surface area contributed by atoms with E-state index in [1.165, 1.54) is 116 Å². The lowest BCUT2D eigenvalue weighted by Crippen LogP contribution is -2.45. The minimum Gasteiger partial charge on any atom is -0.466 e. The molecule has 2 unspecified atom stereocenters. The molecule has 0 fully saturated rings. The Bertz CT molecular complexity index is 838. The van der Waals surface area contributed by atoms with E-state index in [1.54, 1.807) is 6.08 Å². The van der Waals surface area contributed by atoms with Crippen molar-refractivity contribution < 1.29 is 24.5 Å². The molecule has 0 saturated heterocycles. The molecule has 0 aliphatic carbocycles. The molecule has 0 heterocycles. The number of rotatable bonds is 39. The first-order valence-electron chi connectivity index (χ1n) is 21.8. The maximum atomic E-state index is 12.3. The summed E-state index contributed by atoms with van der Waals surface area (Å²) in [5.41, 5.74) is 0. The van der Waals surface area contributed by atoms with Gasteiger partial charge in [-0.05, 0) is 77.0 Å². The maximum absolute atomic E-state index is 12.3. The van der Waals surface area contributed by atoms with Crippen molar-refractivity contribution in [2.24, 2.45) is 0 Å². The highest BCUT2D eigenvalue weighted by atomic mass is 16.5. The van der Waals surface area contributed by atoms with Crippen LogP contribution in [0.3, 0.4) is 0 Å². The fourth-order valence-electron chi connectivity index (χ4n) is 6.22. The molecule has 1 amide bonds. The Kier molecular flexibility index (Phi) is 39.3. The predicted molar refractivity (Wildman–Crippen MR) is 218 cm³/mol. The third kappa shape index (κ3) is 37.6. The molecule has 3 N–H and O–H groups in total. The average molecular weight is 718 g/mol. The number of aliphatic hydroxyl groups is 2. The van der Waals surface area contributed by atoms with Crippen LogP contribution in [0.1, 0.15) is 213 Å². The van der Waals surface area contributed by atoms with E-state index in [0.29, 0.717) is 19.4 Å². The number of nitrogens with one attached hydrogen (secondary N) is 1. The Balaban J connectivity index is 3.62. The standard InChI is InChI=1S/C45H83NO5/c1-3-5-7-9-11-13-15-17-19-23-27-31-35-39-45(50)51-40-36-32-28-24-20-22-26-30-34-38-44(49)46-42(41-47)43(48)37-33-29-25-21-18-16-14-12-10-8-6-4-2/h13,15,22,26,33,37,42-43,47-48H,3-12,14,16-21,23-25,27-32,34-36,38-41H2,1-2H3,(H,46,49)/b15-13-,26-22-,37-33+. The molecule has 0 bridgehead atoms. The second-order valence-corrected chi connectivity index (χ2v) is 14.7. The summed E-state index contributed by atoms with van der Waals surface area (Å²) < 4.78 is 5.41. The number of carbonyl (C=O) groups is 2. The number of carbonyl (C=O) groups excluding carboxylic acids is 2. The minimum absolute atomic E-state index is 0.0488. The van der Waals surface area contributed by atoms with Crippen LogP contribution >= 0.6 is 0 Å². The number of allylic oxidation sites excluding steroid dienone is 5. The van der Waals surface area contributed by atoms with Gasteiger partial charge in [-0.2, -0.15) is 0 Å². The lowest BCUT2D eigenvalue weighted by atomic mass is 10.1. The number of hydrogen-bond acceptors (Lipinski definition) is 5. The summed E-state index contributed by atoms with van der Waals surface area (Å²) in [6.45, 7) is 4.76. The second kappa shape index (κ2) is 40.8. The van der Waals surface area contributed by atoms with Crippen molar-refractivity contribution >= 4 is 11.9 Å². The van der Waals surface area contributed by atoms with E-state index in [9.17, 15) is 19.8 Å². The van der Waals surface area contributed by atoms with Crippen LogP contribution in [-0.2, 0) is 14.3 Å². The van der Waals surface area contributed by atoms with Crippen LogP contribution in [-0.4, -0.2) is 47.4 Å². The highest BCUT2D eigenvalue weighted by Crippen LogP contribution is 2.13. The SMILES string of the molecule is CCCCCC/C=C\CCCCCCCC(=O)OCCCCCC/C=C\CCCC(=O)NC(CO)C(O)/C=C/CCCCCCCCCCCC. The van der Waals surface area contributed by atoms with Gasteiger partial charge in [0.1, 0.15) is 0 Å². The van der Waals surface area contributed by atoms with Gasteiger partial charge in [-0.25, -0.2) is 0 Å². The Morgan fingerprint density at radius 1 is 0.529 bits per heavy atom. The molecular formula is C45H83NO5. The van der Waals surface area contributed by atoms with Crippen LogP contribution in [0.25, 0.3) is 0 Å². The summed E-state index contributed by atoms with van der Waals surface area (Å²) in [5, 5.41) is 22.9. The van der Waals surface area contributed by atoms with Gasteiger partial charge in [0.15, 0.2) is 0 Å². The number of esters is 1. The van der Waals surface area contributed by atoms with Crippen LogP contribution in [0.15, 0.2) is 36.5 Å². The molecule has 0 spiro atoms. The first-order chi connectivity index (χ1) is 25.0. The van der Waals surface area contributed by atoms with Gasteiger partial charge in [-0.3, -0.25) is 9.59 Å². The molecular weight excluding hydrogens is 634 g/mol. The fourth-order valence-corrected chi connectivity index (χ4v) is 6.22. The van der Waals surface area contributed by atoms with Crippen LogP contribution in [0.4, 0.5) is 0 Å². The fraction of sp³-hybridized carbons (Fsp3) is 0.822. The predicted octanol–water partition coefficient (Wildman–Crippen LogP) is 12.2. The molecule has 0 rings (SSSR count). The number of amides is 1. The van der Waals surface area contributed by atoms with Gasteiger partial charge in [0.2, 0.25) is 5.91 Å². The smallest absolute Gasteiger partial charge is 0.305 e. The quantitative estimate of drug-likeness (QED) is 0.0334. The molecule has 0 aliphatic rings. The monoisotopic (exact) mass is 718 g/mol. The highest BCUT2D eigenvalue weighted by Gasteiger charge is 2.17. The minimum atomic E-state index is -0.874. The van der Waals surface area contributed by atoms with Crippen LogP contribution in [0.5, 0.6) is 0 Å². The highest BCUT2D eigenvalue weighted by molar-refractivity contribution is 5.76. The van der Waals surface area contributed by atoms with Crippen LogP contribution in [0, 0.1) is 0 Å². The largest absolute Gasteiger partial charge is 0.466 e. The van der Waals surface area contributed by atoms with Crippen molar-refractivity contribution in [1.82, 2.24) is 5.32 Å². The van der Waals surface area contributed by atoms with E-state index in [4.69, 9.17) is 4.74 Å². The molecule has 0 aromatic rings. The van der Waals surface area contributed by atoms with Crippen molar-refractivity contribution in [3.8, 4) is 0 Å². The lowest BCUT2D eigenvalue weighted by molar-refractivity contribution is -0.143. The summed E-state index contributed by atoms with van der Waals surface area (Å²) in [6, 6.07) is -0.664. The van der Waals surface area contributed by atoms with Gasteiger partial charge in [-0.15, -0.1) is 0 Å². The molecule has 0 aliphatic heterocycles. The van der Waals surface area contributed by atoms with Gasteiger partial charge in [0.05, 0.1) is 25.4 Å². The van der Waals surface area contributed by atoms with Gasteiger partial charge < -0.3 is 20.3 Å². The first kappa shape index (κ1) is 49.1. The number of ether oxygens (including phenoxy) is 1. The van der Waals surface area contributed by atoms with Crippen LogP contribution in [0.2, 0.25) is 0 Å². The topological polar surface area (TPSA) is 95.9 Å².